The van der Waals surface area contributed by atoms with Gasteiger partial charge in [0.15, 0.2) is 0 Å². The third kappa shape index (κ3) is 2.20. The van der Waals surface area contributed by atoms with Gasteiger partial charge in [-0.05, 0) is 45.6 Å². The molecule has 1 fully saturated rings. The summed E-state index contributed by atoms with van der Waals surface area (Å²) in [6.45, 7) is 10.1. The van der Waals surface area contributed by atoms with Crippen LogP contribution in [0.3, 0.4) is 0 Å². The molecule has 98 valence electrons. The highest BCUT2D eigenvalue weighted by Gasteiger charge is 2.52. The van der Waals surface area contributed by atoms with Crippen LogP contribution < -0.4 is 5.46 Å². The van der Waals surface area contributed by atoms with Crippen molar-refractivity contribution in [2.75, 3.05) is 0 Å². The summed E-state index contributed by atoms with van der Waals surface area (Å²) < 4.78 is 12.0. The molecule has 1 aliphatic rings. The first-order valence-corrected chi connectivity index (χ1v) is 6.33. The molecule has 0 amide bonds. The van der Waals surface area contributed by atoms with E-state index in [9.17, 15) is 5.11 Å². The fourth-order valence-corrected chi connectivity index (χ4v) is 2.07. The molecular formula is C14H21BO3. The van der Waals surface area contributed by atoms with Crippen molar-refractivity contribution < 1.29 is 14.4 Å². The van der Waals surface area contributed by atoms with Crippen molar-refractivity contribution in [3.8, 4) is 0 Å². The molecule has 0 saturated carbocycles. The zero-order valence-corrected chi connectivity index (χ0v) is 11.8. The maximum Gasteiger partial charge on any atom is 0.495 e. The van der Waals surface area contributed by atoms with E-state index in [4.69, 9.17) is 9.31 Å². The molecule has 0 aliphatic carbocycles. The van der Waals surface area contributed by atoms with Gasteiger partial charge in [0.2, 0.25) is 0 Å². The fourth-order valence-electron chi connectivity index (χ4n) is 2.07. The minimum absolute atomic E-state index is 0.00108. The minimum atomic E-state index is -0.405. The van der Waals surface area contributed by atoms with Gasteiger partial charge in [0.1, 0.15) is 0 Å². The van der Waals surface area contributed by atoms with Crippen molar-refractivity contribution in [1.29, 1.82) is 0 Å². The molecule has 1 aliphatic heterocycles. The Morgan fingerprint density at radius 3 is 2.17 bits per heavy atom. The quantitative estimate of drug-likeness (QED) is 0.811. The lowest BCUT2D eigenvalue weighted by Crippen LogP contribution is -2.41. The van der Waals surface area contributed by atoms with Gasteiger partial charge in [0.25, 0.3) is 0 Å². The number of rotatable bonds is 2. The van der Waals surface area contributed by atoms with Gasteiger partial charge in [-0.2, -0.15) is 0 Å². The number of aryl methyl sites for hydroxylation is 1. The molecule has 2 rings (SSSR count). The standard InChI is InChI=1S/C14H21BO3/c1-10-6-7-12(11(8-10)9-16)15-17-13(2,3)14(4,5)18-15/h6-8,16H,9H2,1-5H3. The van der Waals surface area contributed by atoms with E-state index in [0.717, 1.165) is 16.6 Å². The van der Waals surface area contributed by atoms with Crippen LogP contribution >= 0.6 is 0 Å². The van der Waals surface area contributed by atoms with Crippen LogP contribution in [0.4, 0.5) is 0 Å². The maximum absolute atomic E-state index is 9.45. The average molecular weight is 248 g/mol. The van der Waals surface area contributed by atoms with Crippen molar-refractivity contribution in [3.63, 3.8) is 0 Å². The monoisotopic (exact) mass is 248 g/mol. The number of aliphatic hydroxyl groups is 1. The summed E-state index contributed by atoms with van der Waals surface area (Å²) >= 11 is 0. The van der Waals surface area contributed by atoms with Crippen molar-refractivity contribution in [2.24, 2.45) is 0 Å². The highest BCUT2D eigenvalue weighted by Crippen LogP contribution is 2.36. The van der Waals surface area contributed by atoms with Crippen LogP contribution in [0.5, 0.6) is 0 Å². The van der Waals surface area contributed by atoms with E-state index in [0.29, 0.717) is 0 Å². The molecule has 0 bridgehead atoms. The summed E-state index contributed by atoms with van der Waals surface area (Å²) in [6.07, 6.45) is 0. The fraction of sp³-hybridized carbons (Fsp3) is 0.571. The van der Waals surface area contributed by atoms with Gasteiger partial charge in [0.05, 0.1) is 17.8 Å². The molecular weight excluding hydrogens is 227 g/mol. The van der Waals surface area contributed by atoms with Crippen LogP contribution in [0.15, 0.2) is 18.2 Å². The van der Waals surface area contributed by atoms with Gasteiger partial charge < -0.3 is 14.4 Å². The van der Waals surface area contributed by atoms with E-state index in [1.54, 1.807) is 0 Å². The maximum atomic E-state index is 9.45. The zero-order chi connectivity index (χ0) is 13.6. The second kappa shape index (κ2) is 4.37. The lowest BCUT2D eigenvalue weighted by atomic mass is 9.75. The van der Waals surface area contributed by atoms with Crippen molar-refractivity contribution in [3.05, 3.63) is 29.3 Å². The van der Waals surface area contributed by atoms with E-state index in [2.05, 4.69) is 0 Å². The van der Waals surface area contributed by atoms with Crippen LogP contribution in [-0.4, -0.2) is 23.4 Å². The predicted octanol–water partition coefficient (Wildman–Crippen LogP) is 1.79. The molecule has 4 heteroatoms. The Bertz CT molecular complexity index is 438. The Morgan fingerprint density at radius 1 is 1.11 bits per heavy atom. The van der Waals surface area contributed by atoms with Gasteiger partial charge in [-0.3, -0.25) is 0 Å². The smallest absolute Gasteiger partial charge is 0.399 e. The molecule has 1 aromatic carbocycles. The van der Waals surface area contributed by atoms with Crippen molar-refractivity contribution in [2.45, 2.75) is 52.4 Å². The molecule has 1 heterocycles. The van der Waals surface area contributed by atoms with Gasteiger partial charge in [-0.15, -0.1) is 0 Å². The highest BCUT2D eigenvalue weighted by atomic mass is 16.7. The lowest BCUT2D eigenvalue weighted by Gasteiger charge is -2.32. The summed E-state index contributed by atoms with van der Waals surface area (Å²) in [5, 5.41) is 9.45. The summed E-state index contributed by atoms with van der Waals surface area (Å²) in [5.41, 5.74) is 2.21. The van der Waals surface area contributed by atoms with Gasteiger partial charge in [-0.1, -0.05) is 23.8 Å². The predicted molar refractivity (Wildman–Crippen MR) is 72.8 cm³/mol. The SMILES string of the molecule is Cc1ccc(B2OC(C)(C)C(C)(C)O2)c(CO)c1. The molecule has 1 saturated heterocycles. The molecule has 0 spiro atoms. The molecule has 0 aromatic heterocycles. The molecule has 0 unspecified atom stereocenters. The van der Waals surface area contributed by atoms with Crippen LogP contribution in [0.25, 0.3) is 0 Å². The van der Waals surface area contributed by atoms with E-state index >= 15 is 0 Å². The Morgan fingerprint density at radius 2 is 1.67 bits per heavy atom. The van der Waals surface area contributed by atoms with Crippen LogP contribution in [0, 0.1) is 6.92 Å². The lowest BCUT2D eigenvalue weighted by molar-refractivity contribution is 0.00578. The molecule has 3 nitrogen and oxygen atoms in total. The number of benzene rings is 1. The Labute approximate surface area is 109 Å². The third-order valence-corrected chi connectivity index (χ3v) is 3.98. The van der Waals surface area contributed by atoms with E-state index < -0.39 is 7.12 Å². The highest BCUT2D eigenvalue weighted by molar-refractivity contribution is 6.62. The van der Waals surface area contributed by atoms with E-state index in [1.165, 1.54) is 0 Å². The first kappa shape index (κ1) is 13.6. The Balaban J connectivity index is 2.35. The molecule has 1 aromatic rings. The first-order valence-electron chi connectivity index (χ1n) is 6.33. The molecule has 0 radical (unpaired) electrons. The number of hydrogen-bond donors (Lipinski definition) is 1. The summed E-state index contributed by atoms with van der Waals surface area (Å²) in [5.74, 6) is 0. The normalized spacial score (nSPS) is 21.3. The van der Waals surface area contributed by atoms with Gasteiger partial charge in [0, 0.05) is 0 Å². The van der Waals surface area contributed by atoms with Crippen molar-refractivity contribution in [1.82, 2.24) is 0 Å². The Hall–Kier alpha value is -0.835. The number of aliphatic hydroxyl groups excluding tert-OH is 1. The summed E-state index contributed by atoms with van der Waals surface area (Å²) in [4.78, 5) is 0. The second-order valence-electron chi connectivity index (χ2n) is 5.95. The van der Waals surface area contributed by atoms with Crippen molar-refractivity contribution >= 4 is 12.6 Å². The van der Waals surface area contributed by atoms with Crippen LogP contribution in [0.1, 0.15) is 38.8 Å². The Kier molecular flexibility index (Phi) is 3.30. The van der Waals surface area contributed by atoms with Gasteiger partial charge >= 0.3 is 7.12 Å². The van der Waals surface area contributed by atoms with Gasteiger partial charge in [-0.25, -0.2) is 0 Å². The summed E-state index contributed by atoms with van der Waals surface area (Å²) in [6, 6.07) is 5.96. The van der Waals surface area contributed by atoms with E-state index in [1.807, 2.05) is 52.8 Å². The summed E-state index contributed by atoms with van der Waals surface area (Å²) in [7, 11) is -0.405. The average Bonchev–Trinajstić information content (AvgIpc) is 2.47. The first-order chi connectivity index (χ1) is 8.27. The molecule has 18 heavy (non-hydrogen) atoms. The molecule has 0 atom stereocenters. The van der Waals surface area contributed by atoms with Crippen LogP contribution in [-0.2, 0) is 15.9 Å². The zero-order valence-electron chi connectivity index (χ0n) is 11.8. The second-order valence-corrected chi connectivity index (χ2v) is 5.95. The third-order valence-electron chi connectivity index (χ3n) is 3.98. The topological polar surface area (TPSA) is 38.7 Å². The van der Waals surface area contributed by atoms with Crippen LogP contribution in [0.2, 0.25) is 0 Å². The van der Waals surface area contributed by atoms with E-state index in [-0.39, 0.29) is 17.8 Å². The largest absolute Gasteiger partial charge is 0.495 e. The molecule has 1 N–H and O–H groups in total. The minimum Gasteiger partial charge on any atom is -0.399 e. The number of hydrogen-bond acceptors (Lipinski definition) is 3.